The third-order valence-electron chi connectivity index (χ3n) is 4.78. The Labute approximate surface area is 150 Å². The van der Waals surface area contributed by atoms with Crippen LogP contribution in [0.1, 0.15) is 40.4 Å². The number of carbonyl (C=O) groups is 1. The molecule has 1 aliphatic rings. The van der Waals surface area contributed by atoms with Gasteiger partial charge in [-0.3, -0.25) is 9.69 Å². The minimum absolute atomic E-state index is 0.0459. The van der Waals surface area contributed by atoms with Crippen molar-refractivity contribution in [1.29, 1.82) is 0 Å². The van der Waals surface area contributed by atoms with Gasteiger partial charge in [0.15, 0.2) is 17.5 Å². The average molecular weight is 362 g/mol. The summed E-state index contributed by atoms with van der Waals surface area (Å²) in [6.07, 6.45) is 2.18. The number of likely N-dealkylation sites (tertiary alicyclic amines) is 1. The lowest BCUT2D eigenvalue weighted by Gasteiger charge is -2.28. The smallest absolute Gasteiger partial charge is 0.254 e. The van der Waals surface area contributed by atoms with Crippen molar-refractivity contribution in [3.05, 3.63) is 70.5 Å². The van der Waals surface area contributed by atoms with Crippen LogP contribution in [0, 0.1) is 24.4 Å². The van der Waals surface area contributed by atoms with Gasteiger partial charge in [-0.2, -0.15) is 0 Å². The van der Waals surface area contributed by atoms with E-state index in [4.69, 9.17) is 0 Å². The Kier molecular flexibility index (Phi) is 5.61. The minimum atomic E-state index is -1.63. The predicted octanol–water partition coefficient (Wildman–Crippen LogP) is 3.98. The monoisotopic (exact) mass is 362 g/mol. The largest absolute Gasteiger partial charge is 0.350 e. The summed E-state index contributed by atoms with van der Waals surface area (Å²) < 4.78 is 40.2. The summed E-state index contributed by atoms with van der Waals surface area (Å²) >= 11 is 0. The number of nitrogens with one attached hydrogen (secondary N) is 1. The van der Waals surface area contributed by atoms with Gasteiger partial charge < -0.3 is 5.32 Å². The molecule has 1 saturated heterocycles. The molecule has 1 aliphatic heterocycles. The van der Waals surface area contributed by atoms with Crippen LogP contribution < -0.4 is 5.32 Å². The Bertz CT molecular complexity index is 786. The van der Waals surface area contributed by atoms with E-state index < -0.39 is 28.9 Å². The number of rotatable bonds is 5. The van der Waals surface area contributed by atoms with Crippen molar-refractivity contribution in [3.8, 4) is 0 Å². The maximum atomic E-state index is 13.8. The van der Waals surface area contributed by atoms with Gasteiger partial charge >= 0.3 is 0 Å². The molecule has 2 aromatic carbocycles. The minimum Gasteiger partial charge on any atom is -0.350 e. The normalized spacial score (nSPS) is 15.8. The second-order valence-corrected chi connectivity index (χ2v) is 6.60. The van der Waals surface area contributed by atoms with Crippen molar-refractivity contribution in [3.63, 3.8) is 0 Å². The first-order valence-electron chi connectivity index (χ1n) is 8.69. The van der Waals surface area contributed by atoms with Crippen molar-refractivity contribution in [1.82, 2.24) is 10.2 Å². The molecule has 0 aromatic heterocycles. The lowest BCUT2D eigenvalue weighted by atomic mass is 10.0. The standard InChI is InChI=1S/C20H21F3N2O/c1-13-4-6-14(7-5-13)17(25-10-2-3-11-25)12-24-20(26)15-8-9-16(21)19(23)18(15)22/h4-9,17H,2-3,10-12H2,1H3,(H,24,26). The number of nitrogens with zero attached hydrogens (tertiary/aromatic N) is 1. The molecular formula is C20H21F3N2O. The number of hydrogen-bond acceptors (Lipinski definition) is 2. The van der Waals surface area contributed by atoms with Gasteiger partial charge in [-0.15, -0.1) is 0 Å². The van der Waals surface area contributed by atoms with Crippen LogP contribution in [0.3, 0.4) is 0 Å². The molecule has 1 N–H and O–H groups in total. The second-order valence-electron chi connectivity index (χ2n) is 6.60. The van der Waals surface area contributed by atoms with Crippen molar-refractivity contribution >= 4 is 5.91 Å². The molecule has 0 bridgehead atoms. The molecule has 0 saturated carbocycles. The molecule has 6 heteroatoms. The highest BCUT2D eigenvalue weighted by Gasteiger charge is 2.25. The quantitative estimate of drug-likeness (QED) is 0.816. The van der Waals surface area contributed by atoms with Gasteiger partial charge in [0.05, 0.1) is 11.6 Å². The fourth-order valence-electron chi connectivity index (χ4n) is 3.29. The number of hydrogen-bond donors (Lipinski definition) is 1. The first-order chi connectivity index (χ1) is 12.5. The Balaban J connectivity index is 1.76. The number of carbonyl (C=O) groups excluding carboxylic acids is 1. The van der Waals surface area contributed by atoms with Crippen LogP contribution in [0.4, 0.5) is 13.2 Å². The van der Waals surface area contributed by atoms with E-state index in [1.165, 1.54) is 0 Å². The van der Waals surface area contributed by atoms with E-state index in [2.05, 4.69) is 10.2 Å². The maximum absolute atomic E-state index is 13.8. The highest BCUT2D eigenvalue weighted by Crippen LogP contribution is 2.25. The van der Waals surface area contributed by atoms with Crippen LogP contribution in [0.25, 0.3) is 0 Å². The SMILES string of the molecule is Cc1ccc(C(CNC(=O)c2ccc(F)c(F)c2F)N2CCCC2)cc1. The molecule has 1 amide bonds. The lowest BCUT2D eigenvalue weighted by Crippen LogP contribution is -2.37. The van der Waals surface area contributed by atoms with Crippen LogP contribution in [-0.2, 0) is 0 Å². The number of amides is 1. The summed E-state index contributed by atoms with van der Waals surface area (Å²) in [7, 11) is 0. The highest BCUT2D eigenvalue weighted by atomic mass is 19.2. The molecule has 26 heavy (non-hydrogen) atoms. The predicted molar refractivity (Wildman–Crippen MR) is 93.4 cm³/mol. The maximum Gasteiger partial charge on any atom is 0.254 e. The van der Waals surface area contributed by atoms with Crippen LogP contribution >= 0.6 is 0 Å². The lowest BCUT2D eigenvalue weighted by molar-refractivity contribution is 0.0932. The van der Waals surface area contributed by atoms with Gasteiger partial charge in [0.25, 0.3) is 5.91 Å². The highest BCUT2D eigenvalue weighted by molar-refractivity contribution is 5.94. The van der Waals surface area contributed by atoms with Crippen molar-refractivity contribution in [2.45, 2.75) is 25.8 Å². The molecule has 1 unspecified atom stereocenters. The van der Waals surface area contributed by atoms with Gasteiger partial charge in [0.2, 0.25) is 0 Å². The molecule has 3 rings (SSSR count). The van der Waals surface area contributed by atoms with Gasteiger partial charge in [0.1, 0.15) is 0 Å². The molecule has 1 heterocycles. The fraction of sp³-hybridized carbons (Fsp3) is 0.350. The summed E-state index contributed by atoms with van der Waals surface area (Å²) in [6.45, 7) is 4.12. The van der Waals surface area contributed by atoms with E-state index in [0.29, 0.717) is 0 Å². The number of halogens is 3. The summed E-state index contributed by atoms with van der Waals surface area (Å²) in [5.74, 6) is -5.16. The summed E-state index contributed by atoms with van der Waals surface area (Å²) in [5.41, 5.74) is 1.71. The summed E-state index contributed by atoms with van der Waals surface area (Å²) in [6, 6.07) is 9.72. The molecule has 0 radical (unpaired) electrons. The van der Waals surface area contributed by atoms with Gasteiger partial charge in [-0.05, 0) is 50.6 Å². The summed E-state index contributed by atoms with van der Waals surface area (Å²) in [5, 5.41) is 2.67. The van der Waals surface area contributed by atoms with Gasteiger partial charge in [0, 0.05) is 6.54 Å². The van der Waals surface area contributed by atoms with E-state index in [1.54, 1.807) is 0 Å². The van der Waals surface area contributed by atoms with E-state index in [9.17, 15) is 18.0 Å². The average Bonchev–Trinajstić information content (AvgIpc) is 3.15. The van der Waals surface area contributed by atoms with Crippen LogP contribution in [0.5, 0.6) is 0 Å². The van der Waals surface area contributed by atoms with E-state index in [-0.39, 0.29) is 12.6 Å². The fourth-order valence-corrected chi connectivity index (χ4v) is 3.29. The molecule has 0 spiro atoms. The van der Waals surface area contributed by atoms with Gasteiger partial charge in [-0.1, -0.05) is 29.8 Å². The first kappa shape index (κ1) is 18.5. The molecule has 1 atom stereocenters. The Morgan fingerprint density at radius 2 is 1.69 bits per heavy atom. The van der Waals surface area contributed by atoms with E-state index in [0.717, 1.165) is 49.2 Å². The zero-order valence-corrected chi connectivity index (χ0v) is 14.6. The molecule has 138 valence electrons. The molecule has 1 fully saturated rings. The van der Waals surface area contributed by atoms with Gasteiger partial charge in [-0.25, -0.2) is 13.2 Å². The zero-order chi connectivity index (χ0) is 18.7. The Hall–Kier alpha value is -2.34. The van der Waals surface area contributed by atoms with Crippen LogP contribution in [0.2, 0.25) is 0 Å². The Morgan fingerprint density at radius 3 is 2.35 bits per heavy atom. The first-order valence-corrected chi connectivity index (χ1v) is 8.69. The number of aryl methyl sites for hydroxylation is 1. The third kappa shape index (κ3) is 3.90. The van der Waals surface area contributed by atoms with Crippen molar-refractivity contribution < 1.29 is 18.0 Å². The molecular weight excluding hydrogens is 341 g/mol. The van der Waals surface area contributed by atoms with Crippen LogP contribution in [-0.4, -0.2) is 30.4 Å². The molecule has 0 aliphatic carbocycles. The van der Waals surface area contributed by atoms with Crippen molar-refractivity contribution in [2.75, 3.05) is 19.6 Å². The number of benzene rings is 2. The van der Waals surface area contributed by atoms with Crippen LogP contribution in [0.15, 0.2) is 36.4 Å². The van der Waals surface area contributed by atoms with Crippen molar-refractivity contribution in [2.24, 2.45) is 0 Å². The molecule has 2 aromatic rings. The Morgan fingerprint density at radius 1 is 1.04 bits per heavy atom. The topological polar surface area (TPSA) is 32.3 Å². The summed E-state index contributed by atoms with van der Waals surface area (Å²) in [4.78, 5) is 14.5. The zero-order valence-electron chi connectivity index (χ0n) is 14.6. The van der Waals surface area contributed by atoms with E-state index >= 15 is 0 Å². The molecule has 3 nitrogen and oxygen atoms in total. The third-order valence-corrected chi connectivity index (χ3v) is 4.78. The second kappa shape index (κ2) is 7.91. The van der Waals surface area contributed by atoms with E-state index in [1.807, 2.05) is 31.2 Å².